The monoisotopic (exact) mass is 497 g/mol. The summed E-state index contributed by atoms with van der Waals surface area (Å²) in [6.45, 7) is 3.73. The van der Waals surface area contributed by atoms with Gasteiger partial charge in [-0.25, -0.2) is 0 Å². The third-order valence-electron chi connectivity index (χ3n) is 5.03. The summed E-state index contributed by atoms with van der Waals surface area (Å²) in [5.41, 5.74) is 2.60. The van der Waals surface area contributed by atoms with E-state index >= 15 is 0 Å². The lowest BCUT2D eigenvalue weighted by molar-refractivity contribution is -0.120. The van der Waals surface area contributed by atoms with Crippen molar-refractivity contribution in [1.29, 1.82) is 0 Å². The SMILES string of the molecule is CC(Sc1nnc(-c2ccncc2)n1-c1ccccc1)C(=O)NC(C)c1ccc(Cl)cc1Cl. The molecule has 33 heavy (non-hydrogen) atoms. The smallest absolute Gasteiger partial charge is 0.233 e. The molecule has 0 aliphatic rings. The third kappa shape index (κ3) is 5.38. The Morgan fingerprint density at radius 1 is 1.00 bits per heavy atom. The number of nitrogens with one attached hydrogen (secondary N) is 1. The van der Waals surface area contributed by atoms with Crippen molar-refractivity contribution in [2.24, 2.45) is 0 Å². The van der Waals surface area contributed by atoms with Gasteiger partial charge in [-0.05, 0) is 55.8 Å². The second-order valence-electron chi connectivity index (χ2n) is 7.37. The largest absolute Gasteiger partial charge is 0.349 e. The number of aromatic nitrogens is 4. The van der Waals surface area contributed by atoms with E-state index in [0.717, 1.165) is 16.8 Å². The molecule has 0 aliphatic heterocycles. The fraction of sp³-hybridized carbons (Fsp3) is 0.167. The summed E-state index contributed by atoms with van der Waals surface area (Å²) < 4.78 is 1.95. The summed E-state index contributed by atoms with van der Waals surface area (Å²) in [5.74, 6) is 0.548. The standard InChI is InChI=1S/C24H21Cl2N5OS/c1-15(20-9-8-18(25)14-21(20)26)28-23(32)16(2)33-24-30-29-22(17-10-12-27-13-11-17)31(24)19-6-4-3-5-7-19/h3-16H,1-2H3,(H,28,32). The summed E-state index contributed by atoms with van der Waals surface area (Å²) >= 11 is 13.6. The number of carbonyl (C=O) groups is 1. The first-order valence-electron chi connectivity index (χ1n) is 10.3. The molecule has 0 saturated carbocycles. The Balaban J connectivity index is 1.57. The van der Waals surface area contributed by atoms with Crippen LogP contribution in [0.25, 0.3) is 17.1 Å². The van der Waals surface area contributed by atoms with E-state index < -0.39 is 5.25 Å². The first-order chi connectivity index (χ1) is 15.9. The average Bonchev–Trinajstić information content (AvgIpc) is 3.23. The van der Waals surface area contributed by atoms with E-state index in [1.807, 2.05) is 66.9 Å². The maximum atomic E-state index is 13.0. The van der Waals surface area contributed by atoms with E-state index in [0.29, 0.717) is 21.0 Å². The highest BCUT2D eigenvalue weighted by Gasteiger charge is 2.23. The van der Waals surface area contributed by atoms with Gasteiger partial charge in [0.25, 0.3) is 0 Å². The molecule has 1 amide bonds. The Kier molecular flexibility index (Phi) is 7.33. The number of carbonyl (C=O) groups excluding carboxylic acids is 1. The van der Waals surface area contributed by atoms with Crippen LogP contribution in [0.15, 0.2) is 78.2 Å². The van der Waals surface area contributed by atoms with E-state index in [4.69, 9.17) is 23.2 Å². The first kappa shape index (κ1) is 23.3. The van der Waals surface area contributed by atoms with Crippen LogP contribution >= 0.6 is 35.0 Å². The number of rotatable bonds is 7. The van der Waals surface area contributed by atoms with Crippen molar-refractivity contribution >= 4 is 40.9 Å². The summed E-state index contributed by atoms with van der Waals surface area (Å²) in [6, 6.07) is 18.5. The van der Waals surface area contributed by atoms with Crippen LogP contribution in [-0.4, -0.2) is 30.9 Å². The Bertz CT molecular complexity index is 1250. The van der Waals surface area contributed by atoms with Gasteiger partial charge < -0.3 is 5.32 Å². The topological polar surface area (TPSA) is 72.7 Å². The molecule has 4 aromatic rings. The number of nitrogens with zero attached hydrogens (tertiary/aromatic N) is 4. The fourth-order valence-corrected chi connectivity index (χ4v) is 4.77. The minimum Gasteiger partial charge on any atom is -0.349 e. The van der Waals surface area contributed by atoms with Gasteiger partial charge in [0.2, 0.25) is 5.91 Å². The second kappa shape index (κ2) is 10.4. The van der Waals surface area contributed by atoms with Gasteiger partial charge in [-0.1, -0.05) is 59.2 Å². The summed E-state index contributed by atoms with van der Waals surface area (Å²) in [5, 5.41) is 13.1. The van der Waals surface area contributed by atoms with Crippen molar-refractivity contribution in [3.63, 3.8) is 0 Å². The Labute approximate surface area is 206 Å². The van der Waals surface area contributed by atoms with Gasteiger partial charge in [0.1, 0.15) is 0 Å². The maximum absolute atomic E-state index is 13.0. The minimum atomic E-state index is -0.421. The van der Waals surface area contributed by atoms with E-state index in [-0.39, 0.29) is 11.9 Å². The predicted molar refractivity (Wildman–Crippen MR) is 133 cm³/mol. The highest BCUT2D eigenvalue weighted by Crippen LogP contribution is 2.31. The molecule has 0 saturated heterocycles. The molecule has 4 rings (SSSR count). The van der Waals surface area contributed by atoms with Gasteiger partial charge in [-0.15, -0.1) is 10.2 Å². The van der Waals surface area contributed by atoms with Crippen LogP contribution in [0.3, 0.4) is 0 Å². The van der Waals surface area contributed by atoms with Crippen LogP contribution in [-0.2, 0) is 4.79 Å². The van der Waals surface area contributed by atoms with Gasteiger partial charge in [0.15, 0.2) is 11.0 Å². The quantitative estimate of drug-likeness (QED) is 0.317. The van der Waals surface area contributed by atoms with Crippen molar-refractivity contribution < 1.29 is 4.79 Å². The highest BCUT2D eigenvalue weighted by atomic mass is 35.5. The normalized spacial score (nSPS) is 12.8. The molecule has 2 aromatic heterocycles. The highest BCUT2D eigenvalue weighted by molar-refractivity contribution is 8.00. The van der Waals surface area contributed by atoms with E-state index in [9.17, 15) is 4.79 Å². The molecule has 168 valence electrons. The van der Waals surface area contributed by atoms with Crippen molar-refractivity contribution in [2.45, 2.75) is 30.3 Å². The minimum absolute atomic E-state index is 0.133. The van der Waals surface area contributed by atoms with Crippen LogP contribution in [0.2, 0.25) is 10.0 Å². The van der Waals surface area contributed by atoms with Gasteiger partial charge in [-0.2, -0.15) is 0 Å². The molecule has 2 heterocycles. The lowest BCUT2D eigenvalue weighted by Crippen LogP contribution is -2.33. The molecular formula is C24H21Cl2N5OS. The van der Waals surface area contributed by atoms with E-state index in [2.05, 4.69) is 20.5 Å². The Hall–Kier alpha value is -2.87. The van der Waals surface area contributed by atoms with E-state index in [1.54, 1.807) is 24.5 Å². The van der Waals surface area contributed by atoms with Crippen LogP contribution < -0.4 is 5.32 Å². The van der Waals surface area contributed by atoms with Crippen LogP contribution in [0, 0.1) is 0 Å². The van der Waals surface area contributed by atoms with Gasteiger partial charge >= 0.3 is 0 Å². The Morgan fingerprint density at radius 2 is 1.73 bits per heavy atom. The Morgan fingerprint density at radius 3 is 2.42 bits per heavy atom. The molecule has 2 aromatic carbocycles. The molecule has 0 aliphatic carbocycles. The summed E-state index contributed by atoms with van der Waals surface area (Å²) in [4.78, 5) is 17.1. The summed E-state index contributed by atoms with van der Waals surface area (Å²) in [6.07, 6.45) is 3.43. The number of hydrogen-bond acceptors (Lipinski definition) is 5. The molecule has 2 atom stereocenters. The van der Waals surface area contributed by atoms with Gasteiger partial charge in [-0.3, -0.25) is 14.3 Å². The third-order valence-corrected chi connectivity index (χ3v) is 6.63. The zero-order valence-electron chi connectivity index (χ0n) is 17.9. The van der Waals surface area contributed by atoms with Crippen LogP contribution in [0.5, 0.6) is 0 Å². The molecule has 1 N–H and O–H groups in total. The average molecular weight is 498 g/mol. The molecule has 6 nitrogen and oxygen atoms in total. The number of benzene rings is 2. The number of hydrogen-bond donors (Lipinski definition) is 1. The van der Waals surface area contributed by atoms with Crippen molar-refractivity contribution in [3.8, 4) is 17.1 Å². The molecular weight excluding hydrogens is 477 g/mol. The molecule has 0 radical (unpaired) electrons. The molecule has 0 spiro atoms. The first-order valence-corrected chi connectivity index (χ1v) is 11.9. The number of thioether (sulfide) groups is 1. The lowest BCUT2D eigenvalue weighted by Gasteiger charge is -2.19. The van der Waals surface area contributed by atoms with Crippen LogP contribution in [0.1, 0.15) is 25.5 Å². The van der Waals surface area contributed by atoms with Crippen molar-refractivity contribution in [2.75, 3.05) is 0 Å². The maximum Gasteiger partial charge on any atom is 0.233 e. The predicted octanol–water partition coefficient (Wildman–Crippen LogP) is 5.99. The number of amides is 1. The van der Waals surface area contributed by atoms with Crippen molar-refractivity contribution in [3.05, 3.63) is 88.7 Å². The fourth-order valence-electron chi connectivity index (χ4n) is 3.32. The number of pyridine rings is 1. The molecule has 0 fully saturated rings. The molecule has 9 heteroatoms. The number of halogens is 2. The summed E-state index contributed by atoms with van der Waals surface area (Å²) in [7, 11) is 0. The molecule has 2 unspecified atom stereocenters. The van der Waals surface area contributed by atoms with Gasteiger partial charge in [0, 0.05) is 33.7 Å². The molecule has 0 bridgehead atoms. The van der Waals surface area contributed by atoms with Crippen LogP contribution in [0.4, 0.5) is 0 Å². The zero-order valence-corrected chi connectivity index (χ0v) is 20.3. The van der Waals surface area contributed by atoms with E-state index in [1.165, 1.54) is 11.8 Å². The van der Waals surface area contributed by atoms with Gasteiger partial charge in [0.05, 0.1) is 11.3 Å². The zero-order chi connectivity index (χ0) is 23.4. The number of para-hydroxylation sites is 1. The second-order valence-corrected chi connectivity index (χ2v) is 9.52. The lowest BCUT2D eigenvalue weighted by atomic mass is 10.1. The van der Waals surface area contributed by atoms with Crippen molar-refractivity contribution in [1.82, 2.24) is 25.1 Å².